The third-order valence-electron chi connectivity index (χ3n) is 2.82. The van der Waals surface area contributed by atoms with Gasteiger partial charge in [-0.25, -0.2) is 9.98 Å². The highest BCUT2D eigenvalue weighted by Gasteiger charge is 2.06. The van der Waals surface area contributed by atoms with Gasteiger partial charge < -0.3 is 15.1 Å². The molecule has 0 saturated carbocycles. The topological polar surface area (TPSA) is 62.5 Å². The Hall–Kier alpha value is -1.82. The van der Waals surface area contributed by atoms with Gasteiger partial charge in [0.05, 0.1) is 18.8 Å². The summed E-state index contributed by atoms with van der Waals surface area (Å²) in [4.78, 5) is 8.87. The van der Waals surface area contributed by atoms with Gasteiger partial charge in [-0.1, -0.05) is 0 Å². The second-order valence-electron chi connectivity index (χ2n) is 4.43. The zero-order valence-corrected chi connectivity index (χ0v) is 12.9. The summed E-state index contributed by atoms with van der Waals surface area (Å²) in [6.45, 7) is 7.92. The van der Waals surface area contributed by atoms with E-state index in [1.165, 1.54) is 5.56 Å². The summed E-state index contributed by atoms with van der Waals surface area (Å²) >= 11 is 1.68. The SMILES string of the molecule is CCNC(=NCc1ccsc1)NCc1nc(C)c(C)o1. The van der Waals surface area contributed by atoms with E-state index in [0.29, 0.717) is 19.0 Å². The maximum absolute atomic E-state index is 5.54. The predicted molar refractivity (Wildman–Crippen MR) is 82.0 cm³/mol. The van der Waals surface area contributed by atoms with Gasteiger partial charge in [0.15, 0.2) is 5.96 Å². The minimum atomic E-state index is 0.532. The number of aromatic nitrogens is 1. The Morgan fingerprint density at radius 2 is 2.25 bits per heavy atom. The molecule has 108 valence electrons. The van der Waals surface area contributed by atoms with Gasteiger partial charge in [-0.05, 0) is 43.2 Å². The maximum Gasteiger partial charge on any atom is 0.214 e. The van der Waals surface area contributed by atoms with Gasteiger partial charge >= 0.3 is 0 Å². The average molecular weight is 292 g/mol. The summed E-state index contributed by atoms with van der Waals surface area (Å²) in [5.41, 5.74) is 2.15. The molecule has 0 amide bonds. The lowest BCUT2D eigenvalue weighted by Gasteiger charge is -2.09. The van der Waals surface area contributed by atoms with Gasteiger partial charge in [0.25, 0.3) is 0 Å². The number of thiophene rings is 1. The van der Waals surface area contributed by atoms with E-state index in [2.05, 4.69) is 37.4 Å². The van der Waals surface area contributed by atoms with Crippen molar-refractivity contribution in [2.75, 3.05) is 6.54 Å². The van der Waals surface area contributed by atoms with Crippen molar-refractivity contribution in [3.63, 3.8) is 0 Å². The fourth-order valence-corrected chi connectivity index (χ4v) is 2.33. The van der Waals surface area contributed by atoms with E-state index < -0.39 is 0 Å². The van der Waals surface area contributed by atoms with Crippen molar-refractivity contribution in [1.29, 1.82) is 0 Å². The van der Waals surface area contributed by atoms with Crippen LogP contribution in [-0.2, 0) is 13.1 Å². The van der Waals surface area contributed by atoms with Crippen LogP contribution in [0.25, 0.3) is 0 Å². The largest absolute Gasteiger partial charge is 0.444 e. The highest BCUT2D eigenvalue weighted by molar-refractivity contribution is 7.07. The number of aryl methyl sites for hydroxylation is 2. The molecular weight excluding hydrogens is 272 g/mol. The van der Waals surface area contributed by atoms with Crippen molar-refractivity contribution >= 4 is 17.3 Å². The number of hydrogen-bond donors (Lipinski definition) is 2. The Labute approximate surface area is 123 Å². The molecule has 0 saturated heterocycles. The minimum Gasteiger partial charge on any atom is -0.444 e. The molecule has 0 atom stereocenters. The summed E-state index contributed by atoms with van der Waals surface area (Å²) < 4.78 is 5.54. The van der Waals surface area contributed by atoms with Crippen LogP contribution < -0.4 is 10.6 Å². The first kappa shape index (κ1) is 14.6. The lowest BCUT2D eigenvalue weighted by atomic mass is 10.3. The van der Waals surface area contributed by atoms with Crippen LogP contribution in [0.1, 0.15) is 29.8 Å². The Kier molecular flexibility index (Phi) is 5.17. The smallest absolute Gasteiger partial charge is 0.214 e. The van der Waals surface area contributed by atoms with E-state index in [-0.39, 0.29) is 0 Å². The molecular formula is C14H20N4OS. The molecule has 0 fully saturated rings. The minimum absolute atomic E-state index is 0.532. The van der Waals surface area contributed by atoms with Crippen molar-refractivity contribution in [1.82, 2.24) is 15.6 Å². The molecule has 0 unspecified atom stereocenters. The van der Waals surface area contributed by atoms with Crippen LogP contribution in [0.4, 0.5) is 0 Å². The van der Waals surface area contributed by atoms with E-state index in [4.69, 9.17) is 4.42 Å². The van der Waals surface area contributed by atoms with Gasteiger partial charge in [-0.2, -0.15) is 11.3 Å². The monoisotopic (exact) mass is 292 g/mol. The third-order valence-corrected chi connectivity index (χ3v) is 3.56. The third kappa shape index (κ3) is 4.09. The van der Waals surface area contributed by atoms with Crippen LogP contribution in [0.2, 0.25) is 0 Å². The lowest BCUT2D eigenvalue weighted by Crippen LogP contribution is -2.36. The van der Waals surface area contributed by atoms with Gasteiger partial charge in [-0.15, -0.1) is 0 Å². The van der Waals surface area contributed by atoms with Crippen molar-refractivity contribution in [3.05, 3.63) is 39.7 Å². The van der Waals surface area contributed by atoms with E-state index >= 15 is 0 Å². The van der Waals surface area contributed by atoms with Crippen molar-refractivity contribution in [2.45, 2.75) is 33.9 Å². The van der Waals surface area contributed by atoms with Crippen LogP contribution in [0.5, 0.6) is 0 Å². The Morgan fingerprint density at radius 1 is 1.40 bits per heavy atom. The molecule has 5 nitrogen and oxygen atoms in total. The molecule has 0 aromatic carbocycles. The van der Waals surface area contributed by atoms with Crippen molar-refractivity contribution < 1.29 is 4.42 Å². The molecule has 2 rings (SSSR count). The highest BCUT2D eigenvalue weighted by atomic mass is 32.1. The number of aliphatic imine (C=N–C) groups is 1. The fraction of sp³-hybridized carbons (Fsp3) is 0.429. The standard InChI is InChI=1S/C14H20N4OS/c1-4-15-14(16-7-12-5-6-20-9-12)17-8-13-18-10(2)11(3)19-13/h5-6,9H,4,7-8H2,1-3H3,(H2,15,16,17). The zero-order chi connectivity index (χ0) is 14.4. The molecule has 0 aliphatic rings. The number of oxazole rings is 1. The first-order valence-corrected chi connectivity index (χ1v) is 7.59. The Balaban J connectivity index is 1.93. The van der Waals surface area contributed by atoms with Gasteiger partial charge in [0, 0.05) is 6.54 Å². The predicted octanol–water partition coefficient (Wildman–Crippen LogP) is 2.61. The molecule has 2 aromatic heterocycles. The Morgan fingerprint density at radius 3 is 2.85 bits per heavy atom. The van der Waals surface area contributed by atoms with Crippen LogP contribution in [0, 0.1) is 13.8 Å². The summed E-state index contributed by atoms with van der Waals surface area (Å²) in [7, 11) is 0. The second kappa shape index (κ2) is 7.09. The van der Waals surface area contributed by atoms with E-state index in [1.807, 2.05) is 20.8 Å². The number of nitrogens with one attached hydrogen (secondary N) is 2. The van der Waals surface area contributed by atoms with E-state index in [9.17, 15) is 0 Å². The number of guanidine groups is 1. The average Bonchev–Trinajstić information content (AvgIpc) is 3.04. The number of hydrogen-bond acceptors (Lipinski definition) is 4. The molecule has 0 radical (unpaired) electrons. The van der Waals surface area contributed by atoms with Crippen LogP contribution >= 0.6 is 11.3 Å². The Bertz CT molecular complexity index is 540. The van der Waals surface area contributed by atoms with Crippen LogP contribution in [0.15, 0.2) is 26.2 Å². The maximum atomic E-state index is 5.54. The van der Waals surface area contributed by atoms with E-state index in [0.717, 1.165) is 24.0 Å². The highest BCUT2D eigenvalue weighted by Crippen LogP contribution is 2.08. The summed E-state index contributed by atoms with van der Waals surface area (Å²) in [6.07, 6.45) is 0. The molecule has 6 heteroatoms. The first-order chi connectivity index (χ1) is 9.69. The van der Waals surface area contributed by atoms with Crippen molar-refractivity contribution in [2.24, 2.45) is 4.99 Å². The van der Waals surface area contributed by atoms with Crippen molar-refractivity contribution in [3.8, 4) is 0 Å². The molecule has 0 aliphatic heterocycles. The number of nitrogens with zero attached hydrogens (tertiary/aromatic N) is 2. The van der Waals surface area contributed by atoms with Crippen LogP contribution in [0.3, 0.4) is 0 Å². The van der Waals surface area contributed by atoms with Crippen LogP contribution in [-0.4, -0.2) is 17.5 Å². The molecule has 0 aliphatic carbocycles. The molecule has 2 aromatic rings. The second-order valence-corrected chi connectivity index (χ2v) is 5.21. The summed E-state index contributed by atoms with van der Waals surface area (Å²) in [5, 5.41) is 10.6. The molecule has 2 heterocycles. The summed E-state index contributed by atoms with van der Waals surface area (Å²) in [5.74, 6) is 2.32. The lowest BCUT2D eigenvalue weighted by molar-refractivity contribution is 0.463. The van der Waals surface area contributed by atoms with Gasteiger partial charge in [0.1, 0.15) is 5.76 Å². The van der Waals surface area contributed by atoms with Gasteiger partial charge in [-0.3, -0.25) is 0 Å². The van der Waals surface area contributed by atoms with Gasteiger partial charge in [0.2, 0.25) is 5.89 Å². The quantitative estimate of drug-likeness (QED) is 0.657. The summed E-state index contributed by atoms with van der Waals surface area (Å²) in [6, 6.07) is 2.08. The van der Waals surface area contributed by atoms with E-state index in [1.54, 1.807) is 11.3 Å². The molecule has 2 N–H and O–H groups in total. The normalized spacial score (nSPS) is 11.7. The molecule has 20 heavy (non-hydrogen) atoms. The number of rotatable bonds is 5. The first-order valence-electron chi connectivity index (χ1n) is 6.65. The fourth-order valence-electron chi connectivity index (χ4n) is 1.67. The molecule has 0 spiro atoms. The zero-order valence-electron chi connectivity index (χ0n) is 12.1. The molecule has 0 bridgehead atoms.